The van der Waals surface area contributed by atoms with Gasteiger partial charge in [-0.3, -0.25) is 0 Å². The zero-order chi connectivity index (χ0) is 15.6. The lowest BCUT2D eigenvalue weighted by molar-refractivity contribution is 0.0692. The minimum atomic E-state index is -3.85. The quantitative estimate of drug-likeness (QED) is 0.863. The van der Waals surface area contributed by atoms with Crippen LogP contribution in [0.25, 0.3) is 0 Å². The third kappa shape index (κ3) is 3.62. The van der Waals surface area contributed by atoms with Crippen LogP contribution in [-0.4, -0.2) is 24.6 Å². The Kier molecular flexibility index (Phi) is 4.34. The van der Waals surface area contributed by atoms with E-state index in [4.69, 9.17) is 5.11 Å². The number of carboxylic acid groups (broad SMARTS) is 1. The molecule has 0 unspecified atom stereocenters. The van der Waals surface area contributed by atoms with Crippen LogP contribution in [0.15, 0.2) is 51.8 Å². The van der Waals surface area contributed by atoms with E-state index in [1.807, 2.05) is 0 Å². The molecular formula is C14H11BrO5S. The summed E-state index contributed by atoms with van der Waals surface area (Å²) in [6.45, 7) is 0. The summed E-state index contributed by atoms with van der Waals surface area (Å²) in [4.78, 5) is 10.9. The van der Waals surface area contributed by atoms with Gasteiger partial charge in [-0.05, 0) is 35.9 Å². The number of sulfone groups is 1. The first-order chi connectivity index (χ1) is 9.79. The van der Waals surface area contributed by atoms with Crippen LogP contribution in [0, 0.1) is 0 Å². The first kappa shape index (κ1) is 15.5. The molecule has 2 aromatic rings. The van der Waals surface area contributed by atoms with Gasteiger partial charge < -0.3 is 10.2 Å². The number of carboxylic acids is 1. The average Bonchev–Trinajstić information content (AvgIpc) is 2.37. The van der Waals surface area contributed by atoms with Gasteiger partial charge in [0, 0.05) is 4.47 Å². The van der Waals surface area contributed by atoms with E-state index in [1.165, 1.54) is 36.4 Å². The summed E-state index contributed by atoms with van der Waals surface area (Å²) >= 11 is 3.14. The lowest BCUT2D eigenvalue weighted by Gasteiger charge is -2.09. The lowest BCUT2D eigenvalue weighted by Crippen LogP contribution is -2.11. The number of aromatic hydroxyl groups is 1. The molecule has 0 atom stereocenters. The average molecular weight is 371 g/mol. The van der Waals surface area contributed by atoms with Crippen molar-refractivity contribution in [1.82, 2.24) is 0 Å². The normalized spacial score (nSPS) is 11.3. The monoisotopic (exact) mass is 370 g/mol. The Bertz CT molecular complexity index is 799. The fourth-order valence-electron chi connectivity index (χ4n) is 1.87. The van der Waals surface area contributed by atoms with Crippen LogP contribution in [0.2, 0.25) is 0 Å². The SMILES string of the molecule is O=C(O)c1ccc(Br)cc1S(=O)(=O)Cc1cccc(O)c1. The number of halogens is 1. The Labute approximate surface area is 129 Å². The highest BCUT2D eigenvalue weighted by Gasteiger charge is 2.23. The Hall–Kier alpha value is -1.86. The van der Waals surface area contributed by atoms with Crippen molar-refractivity contribution in [1.29, 1.82) is 0 Å². The van der Waals surface area contributed by atoms with Gasteiger partial charge in [0.15, 0.2) is 9.84 Å². The van der Waals surface area contributed by atoms with Crippen LogP contribution in [0.5, 0.6) is 5.75 Å². The Balaban J connectivity index is 2.49. The fraction of sp³-hybridized carbons (Fsp3) is 0.0714. The maximum Gasteiger partial charge on any atom is 0.337 e. The van der Waals surface area contributed by atoms with Crippen LogP contribution in [-0.2, 0) is 15.6 Å². The van der Waals surface area contributed by atoms with E-state index < -0.39 is 21.6 Å². The first-order valence-corrected chi connectivity index (χ1v) is 8.27. The molecule has 0 saturated heterocycles. The predicted molar refractivity (Wildman–Crippen MR) is 80.1 cm³/mol. The molecule has 0 amide bonds. The van der Waals surface area contributed by atoms with Gasteiger partial charge in [0.1, 0.15) is 5.75 Å². The van der Waals surface area contributed by atoms with E-state index in [0.717, 1.165) is 0 Å². The van der Waals surface area contributed by atoms with Crippen LogP contribution in [0.3, 0.4) is 0 Å². The van der Waals surface area contributed by atoms with Crippen LogP contribution < -0.4 is 0 Å². The molecule has 0 heterocycles. The van der Waals surface area contributed by atoms with E-state index in [-0.39, 0.29) is 16.2 Å². The third-order valence-electron chi connectivity index (χ3n) is 2.78. The zero-order valence-electron chi connectivity index (χ0n) is 10.7. The molecule has 21 heavy (non-hydrogen) atoms. The highest BCUT2D eigenvalue weighted by Crippen LogP contribution is 2.25. The maximum atomic E-state index is 12.4. The number of aromatic carboxylic acids is 1. The molecule has 0 saturated carbocycles. The Morgan fingerprint density at radius 2 is 1.86 bits per heavy atom. The highest BCUT2D eigenvalue weighted by molar-refractivity contribution is 9.10. The molecule has 5 nitrogen and oxygen atoms in total. The first-order valence-electron chi connectivity index (χ1n) is 5.83. The van der Waals surface area contributed by atoms with Gasteiger partial charge in [-0.15, -0.1) is 0 Å². The van der Waals surface area contributed by atoms with Gasteiger partial charge in [-0.1, -0.05) is 28.1 Å². The summed E-state index contributed by atoms with van der Waals surface area (Å²) in [5.41, 5.74) is 0.102. The van der Waals surface area contributed by atoms with Crippen molar-refractivity contribution in [2.75, 3.05) is 0 Å². The second-order valence-corrected chi connectivity index (χ2v) is 7.25. The third-order valence-corrected chi connectivity index (χ3v) is 4.99. The van der Waals surface area contributed by atoms with E-state index in [0.29, 0.717) is 10.0 Å². The molecular weight excluding hydrogens is 360 g/mol. The molecule has 0 aliphatic carbocycles. The minimum absolute atomic E-state index is 0.0459. The van der Waals surface area contributed by atoms with Crippen molar-refractivity contribution in [3.63, 3.8) is 0 Å². The standard InChI is InChI=1S/C14H11BrO5S/c15-10-4-5-12(14(17)18)13(7-10)21(19,20)8-9-2-1-3-11(16)6-9/h1-7,16H,8H2,(H,17,18). The van der Waals surface area contributed by atoms with Crippen LogP contribution >= 0.6 is 15.9 Å². The number of hydrogen-bond donors (Lipinski definition) is 2. The molecule has 0 radical (unpaired) electrons. The summed E-state index contributed by atoms with van der Waals surface area (Å²) in [5, 5.41) is 18.5. The number of carbonyl (C=O) groups is 1. The highest BCUT2D eigenvalue weighted by atomic mass is 79.9. The van der Waals surface area contributed by atoms with E-state index >= 15 is 0 Å². The summed E-state index contributed by atoms with van der Waals surface area (Å²) < 4.78 is 25.3. The molecule has 0 spiro atoms. The molecule has 2 aromatic carbocycles. The van der Waals surface area contributed by atoms with E-state index in [9.17, 15) is 18.3 Å². The smallest absolute Gasteiger partial charge is 0.337 e. The zero-order valence-corrected chi connectivity index (χ0v) is 13.1. The minimum Gasteiger partial charge on any atom is -0.508 e. The summed E-state index contributed by atoms with van der Waals surface area (Å²) in [6, 6.07) is 9.81. The molecule has 0 fully saturated rings. The van der Waals surface area contributed by atoms with Crippen molar-refractivity contribution in [2.24, 2.45) is 0 Å². The van der Waals surface area contributed by atoms with Crippen molar-refractivity contribution in [2.45, 2.75) is 10.6 Å². The van der Waals surface area contributed by atoms with Crippen molar-refractivity contribution in [3.8, 4) is 5.75 Å². The van der Waals surface area contributed by atoms with Gasteiger partial charge in [0.05, 0.1) is 16.2 Å². The Morgan fingerprint density at radius 1 is 1.14 bits per heavy atom. The molecule has 2 N–H and O–H groups in total. The molecule has 0 aromatic heterocycles. The Morgan fingerprint density at radius 3 is 2.48 bits per heavy atom. The van der Waals surface area contributed by atoms with Gasteiger partial charge >= 0.3 is 5.97 Å². The van der Waals surface area contributed by atoms with Gasteiger partial charge in [-0.2, -0.15) is 0 Å². The number of benzene rings is 2. The largest absolute Gasteiger partial charge is 0.508 e. The fourth-order valence-corrected chi connectivity index (χ4v) is 3.96. The van der Waals surface area contributed by atoms with Gasteiger partial charge in [0.25, 0.3) is 0 Å². The number of phenols is 1. The summed E-state index contributed by atoms with van der Waals surface area (Å²) in [6.07, 6.45) is 0. The topological polar surface area (TPSA) is 91.7 Å². The molecule has 0 aliphatic rings. The predicted octanol–water partition coefficient (Wildman–Crippen LogP) is 2.83. The molecule has 0 aliphatic heterocycles. The van der Waals surface area contributed by atoms with Crippen molar-refractivity contribution >= 4 is 31.7 Å². The van der Waals surface area contributed by atoms with Crippen LogP contribution in [0.4, 0.5) is 0 Å². The maximum absolute atomic E-state index is 12.4. The van der Waals surface area contributed by atoms with Gasteiger partial charge in [0.2, 0.25) is 0 Å². The number of phenolic OH excluding ortho intramolecular Hbond substituents is 1. The number of hydrogen-bond acceptors (Lipinski definition) is 4. The second-order valence-electron chi connectivity index (χ2n) is 4.37. The van der Waals surface area contributed by atoms with Crippen molar-refractivity contribution < 1.29 is 23.4 Å². The van der Waals surface area contributed by atoms with E-state index in [2.05, 4.69) is 15.9 Å². The van der Waals surface area contributed by atoms with Crippen molar-refractivity contribution in [3.05, 3.63) is 58.1 Å². The second kappa shape index (κ2) is 5.87. The number of rotatable bonds is 4. The molecule has 7 heteroatoms. The molecule has 110 valence electrons. The molecule has 2 rings (SSSR count). The van der Waals surface area contributed by atoms with Gasteiger partial charge in [-0.25, -0.2) is 13.2 Å². The van der Waals surface area contributed by atoms with Crippen LogP contribution in [0.1, 0.15) is 15.9 Å². The van der Waals surface area contributed by atoms with E-state index in [1.54, 1.807) is 6.07 Å². The summed E-state index contributed by atoms with van der Waals surface area (Å²) in [5.74, 6) is -1.75. The summed E-state index contributed by atoms with van der Waals surface area (Å²) in [7, 11) is -3.85. The molecule has 0 bridgehead atoms. The lowest BCUT2D eigenvalue weighted by atomic mass is 10.2.